The van der Waals surface area contributed by atoms with Crippen molar-refractivity contribution in [3.05, 3.63) is 114 Å². The van der Waals surface area contributed by atoms with Gasteiger partial charge in [-0.05, 0) is 98.9 Å². The van der Waals surface area contributed by atoms with Crippen LogP contribution in [0.2, 0.25) is 0 Å². The van der Waals surface area contributed by atoms with Gasteiger partial charge in [0.1, 0.15) is 70.8 Å². The van der Waals surface area contributed by atoms with Gasteiger partial charge in [-0.15, -0.1) is 0 Å². The lowest BCUT2D eigenvalue weighted by molar-refractivity contribution is -0.688. The minimum Gasteiger partial charge on any atom is -0.508 e. The monoisotopic (exact) mass is 1640 g/mol. The summed E-state index contributed by atoms with van der Waals surface area (Å²) in [5, 5.41) is 74.9. The first-order chi connectivity index (χ1) is 54.7. The van der Waals surface area contributed by atoms with Crippen LogP contribution in [-0.4, -0.2) is 213 Å². The molecule has 5 rings (SSSR count). The average molecular weight is 1640 g/mol. The smallest absolute Gasteiger partial charge is 0.303 e. The number of nitrogens with zero attached hydrogens (tertiary/aromatic N) is 2. The van der Waals surface area contributed by atoms with Crippen LogP contribution in [0.4, 0.5) is 0 Å². The Morgan fingerprint density at radius 2 is 1.01 bits per heavy atom. The number of carbonyl (C=O) groups is 16. The molecule has 12 amide bonds. The van der Waals surface area contributed by atoms with Crippen molar-refractivity contribution in [3.8, 4) is 34.3 Å². The number of primary amides is 1. The minimum atomic E-state index is -4.67. The van der Waals surface area contributed by atoms with E-state index in [-0.39, 0.29) is 60.1 Å². The summed E-state index contributed by atoms with van der Waals surface area (Å²) in [5.41, 5.74) is 7.10. The average Bonchev–Trinajstić information content (AvgIpc) is 1.49. The fraction of sp³-hybridized carbons (Fsp3) is 0.440. The zero-order valence-corrected chi connectivity index (χ0v) is 65.2. The van der Waals surface area contributed by atoms with E-state index in [0.717, 1.165) is 6.92 Å². The van der Waals surface area contributed by atoms with E-state index in [2.05, 4.69) is 63.5 Å². The van der Waals surface area contributed by atoms with Crippen LogP contribution in [0, 0.1) is 11.8 Å². The number of carboxylic acids is 4. The maximum Gasteiger partial charge on any atom is 0.303 e. The Hall–Kier alpha value is -12.9. The van der Waals surface area contributed by atoms with Crippen LogP contribution in [0.15, 0.2) is 107 Å². The first-order valence-corrected chi connectivity index (χ1v) is 38.0. The first kappa shape index (κ1) is 93.6. The zero-order chi connectivity index (χ0) is 86.3. The highest BCUT2D eigenvalue weighted by Gasteiger charge is 2.38. The molecule has 0 radical (unpaired) electrons. The van der Waals surface area contributed by atoms with E-state index in [0.29, 0.717) is 16.7 Å². The van der Waals surface area contributed by atoms with E-state index in [4.69, 9.17) is 14.9 Å². The molecule has 3 aromatic carbocycles. The first-order valence-electron chi connectivity index (χ1n) is 36.6. The van der Waals surface area contributed by atoms with Gasteiger partial charge in [-0.25, -0.2) is 9.55 Å². The molecule has 116 heavy (non-hydrogen) atoms. The third kappa shape index (κ3) is 30.5. The molecule has 41 heteroatoms. The third-order valence-corrected chi connectivity index (χ3v) is 19.2. The molecule has 40 nitrogen and oxygen atoms in total. The number of aromatic hydroxyl groups is 1. The molecule has 11 atom stereocenters. The number of carbonyl (C=O) groups excluding carboxylic acids is 12. The molecule has 628 valence electrons. The fourth-order valence-corrected chi connectivity index (χ4v) is 12.1. The zero-order valence-electron chi connectivity index (χ0n) is 64.4. The lowest BCUT2D eigenvalue weighted by Gasteiger charge is -2.29. The molecular weight excluding hydrogens is 1540 g/mol. The molecule has 0 aliphatic heterocycles. The van der Waals surface area contributed by atoms with E-state index in [1.165, 1.54) is 82.6 Å². The number of amides is 12. The van der Waals surface area contributed by atoms with Crippen LogP contribution in [0.1, 0.15) is 134 Å². The molecule has 2 aromatic heterocycles. The number of phenolic OH excluding ortho intramolecular Hbond substituents is 1. The Bertz CT molecular complexity index is 4500. The van der Waals surface area contributed by atoms with Crippen molar-refractivity contribution in [2.24, 2.45) is 17.6 Å². The summed E-state index contributed by atoms with van der Waals surface area (Å²) in [7, 11) is -3.43. The highest BCUT2D eigenvalue weighted by Crippen LogP contribution is 2.32. The number of hydrogen-bond donors (Lipinski definition) is 18. The van der Waals surface area contributed by atoms with Crippen LogP contribution < -0.4 is 73.5 Å². The standard InChI is InChI=1S/C75H96N14O26S/c1-8-39(3)63(73(109)85-51(20-25-61(97)98)68(104)80-41(5)65(76)101)87-71(107)50(19-24-60(95)96)82-58(92)37-78-67(103)54(34-43-13-16-48(91)17-14-43)86-74(110)64(40(4)9-2)88-72(108)53(84-70(106)52(21-26-62(99)100)83-69(105)49(81-42(6)90)18-23-59(93)94)27-30-77-66(102)47-12-10-11-44(33-47)38-89-31-28-45(29-32-89)75-79-36-56(115-75)46-15-22-55(114-7)57(35-46)116(111,112)113/h10-17,22,28-29,31-33,35-36,39-41,49-54,63-64H,8-9,18-21,23-27,30,34,37-38H2,1-7H3,(H18-,76,77,78,80,81,82,83,84,85,86,87,88,90,91,92,93,94,95,96,97,98,99,100,101,102,103,104,105,106,107,108,109,110,111,112,113)/p+1/t39-,40-,41-,49-,50-,51-,52-,53-,54-,63-,64-/m0/s1. The highest BCUT2D eigenvalue weighted by molar-refractivity contribution is 7.86. The number of rotatable bonds is 48. The number of phenols is 1. The molecule has 0 aliphatic rings. The number of nitrogens with two attached hydrogens (primary N) is 1. The minimum absolute atomic E-state index is 0.0918. The number of oxazole rings is 1. The summed E-state index contributed by atoms with van der Waals surface area (Å²) >= 11 is 0. The number of carboxylic acid groups (broad SMARTS) is 4. The number of aromatic nitrogens is 2. The van der Waals surface area contributed by atoms with Gasteiger partial charge in [0, 0.05) is 80.0 Å². The van der Waals surface area contributed by atoms with E-state index in [9.17, 15) is 115 Å². The van der Waals surface area contributed by atoms with Gasteiger partial charge in [-0.1, -0.05) is 64.8 Å². The maximum absolute atomic E-state index is 14.9. The van der Waals surface area contributed by atoms with Crippen LogP contribution in [-0.2, 0) is 95.0 Å². The Balaban J connectivity index is 1.40. The lowest BCUT2D eigenvalue weighted by Crippen LogP contribution is -2.61. The van der Waals surface area contributed by atoms with Gasteiger partial charge in [0.25, 0.3) is 16.0 Å². The Kier molecular flexibility index (Phi) is 36.4. The van der Waals surface area contributed by atoms with Crippen molar-refractivity contribution in [1.82, 2.24) is 63.5 Å². The molecular formula is C75H97N14O26S+. The van der Waals surface area contributed by atoms with E-state index >= 15 is 0 Å². The van der Waals surface area contributed by atoms with Crippen LogP contribution >= 0.6 is 0 Å². The van der Waals surface area contributed by atoms with Crippen molar-refractivity contribution in [3.63, 3.8) is 0 Å². The fourth-order valence-electron chi connectivity index (χ4n) is 11.4. The van der Waals surface area contributed by atoms with Crippen molar-refractivity contribution < 1.29 is 129 Å². The van der Waals surface area contributed by atoms with Gasteiger partial charge in [-0.2, -0.15) is 8.42 Å². The SMILES string of the molecule is CC[C@H](C)[C@H](NC(=O)[C@H](CCNC(=O)c1cccc(C[n+]2ccc(-c3ncc(-c4ccc(OC)c(S(=O)(=O)O)c4)o3)cc2)c1)NC(=O)[C@H](CCC(=O)O)NC(=O)[C@H](CCC(=O)O)NC(C)=O)C(=O)N[C@@H](Cc1ccc(O)cc1)C(=O)NCC(=O)N[C@@H](CCC(=O)O)C(=O)N[C@H](C(=O)N[C@@H](CCC(=O)O)C(=O)N[C@@H](C)C(N)=O)[C@@H](C)CC. The molecule has 0 spiro atoms. The number of hydrogen-bond acceptors (Lipinski definition) is 22. The molecule has 0 saturated heterocycles. The molecule has 2 heterocycles. The summed E-state index contributed by atoms with van der Waals surface area (Å²) in [6, 6.07) is 4.54. The predicted octanol–water partition coefficient (Wildman–Crippen LogP) is -0.776. The second-order valence-electron chi connectivity index (χ2n) is 27.2. The largest absolute Gasteiger partial charge is 0.508 e. The van der Waals surface area contributed by atoms with Gasteiger partial charge >= 0.3 is 23.9 Å². The number of ether oxygens (including phenoxy) is 1. The number of aliphatic carboxylic acids is 4. The van der Waals surface area contributed by atoms with E-state index < -0.39 is 247 Å². The van der Waals surface area contributed by atoms with Gasteiger partial charge in [0.15, 0.2) is 24.7 Å². The van der Waals surface area contributed by atoms with Crippen LogP contribution in [0.25, 0.3) is 22.8 Å². The van der Waals surface area contributed by atoms with E-state index in [1.807, 2.05) is 0 Å². The number of benzene rings is 3. The molecule has 0 bridgehead atoms. The summed E-state index contributed by atoms with van der Waals surface area (Å²) < 4.78 is 46.6. The van der Waals surface area contributed by atoms with E-state index in [1.54, 1.807) is 61.1 Å². The molecule has 0 fully saturated rings. The second-order valence-corrected chi connectivity index (χ2v) is 28.6. The van der Waals surface area contributed by atoms with Crippen LogP contribution in [0.3, 0.4) is 0 Å². The second kappa shape index (κ2) is 45.1. The molecule has 5 aromatic rings. The van der Waals surface area contributed by atoms with Crippen LogP contribution in [0.5, 0.6) is 11.5 Å². The van der Waals surface area contributed by atoms with Crippen molar-refractivity contribution in [1.29, 1.82) is 0 Å². The summed E-state index contributed by atoms with van der Waals surface area (Å²) in [6.07, 6.45) is -0.782. The van der Waals surface area contributed by atoms with Crippen molar-refractivity contribution >= 4 is 105 Å². The van der Waals surface area contributed by atoms with Gasteiger partial charge in [-0.3, -0.25) is 81.3 Å². The van der Waals surface area contributed by atoms with Gasteiger partial charge in [0.2, 0.25) is 70.9 Å². The number of methoxy groups -OCH3 is 1. The van der Waals surface area contributed by atoms with Crippen molar-refractivity contribution in [2.75, 3.05) is 20.2 Å². The quantitative estimate of drug-likeness (QED) is 0.0168. The topological polar surface area (TPSA) is 626 Å². The maximum atomic E-state index is 14.9. The molecule has 19 N–H and O–H groups in total. The summed E-state index contributed by atoms with van der Waals surface area (Å²) in [5.74, 6) is -19.3. The highest BCUT2D eigenvalue weighted by atomic mass is 32.2. The van der Waals surface area contributed by atoms with Gasteiger partial charge in [0.05, 0.1) is 19.9 Å². The number of pyridine rings is 1. The molecule has 0 saturated carbocycles. The Morgan fingerprint density at radius 1 is 0.534 bits per heavy atom. The Labute approximate surface area is 665 Å². The predicted molar refractivity (Wildman–Crippen MR) is 406 cm³/mol. The molecule has 0 unspecified atom stereocenters. The van der Waals surface area contributed by atoms with Crippen molar-refractivity contribution in [2.45, 2.75) is 184 Å². The number of nitrogens with one attached hydrogen (secondary N) is 11. The van der Waals surface area contributed by atoms with Gasteiger partial charge < -0.3 is 98.9 Å². The third-order valence-electron chi connectivity index (χ3n) is 18.3. The summed E-state index contributed by atoms with van der Waals surface area (Å²) in [4.78, 5) is 216. The normalized spacial score (nSPS) is 14.0. The molecule has 0 aliphatic carbocycles. The summed E-state index contributed by atoms with van der Waals surface area (Å²) in [6.45, 7) is 7.40. The lowest BCUT2D eigenvalue weighted by atomic mass is 9.96. The Morgan fingerprint density at radius 3 is 1.49 bits per heavy atom.